The Morgan fingerprint density at radius 1 is 1.73 bits per heavy atom. The van der Waals surface area contributed by atoms with Gasteiger partial charge in [-0.05, 0) is 0 Å². The van der Waals surface area contributed by atoms with Crippen LogP contribution in [0.25, 0.3) is 0 Å². The molecule has 0 radical (unpaired) electrons. The second kappa shape index (κ2) is 3.67. The fourth-order valence-corrected chi connectivity index (χ4v) is 0.636. The van der Waals surface area contributed by atoms with Crippen LogP contribution in [-0.2, 0) is 11.3 Å². The number of aryl methyl sites for hydroxylation is 1. The Labute approximate surface area is 63.4 Å². The van der Waals surface area contributed by atoms with Crippen LogP contribution in [0.15, 0.2) is 12.7 Å². The van der Waals surface area contributed by atoms with E-state index in [1.807, 2.05) is 5.43 Å². The number of hydrogen-bond donors (Lipinski definition) is 2. The second-order valence-corrected chi connectivity index (χ2v) is 1.98. The summed E-state index contributed by atoms with van der Waals surface area (Å²) in [5.74, 6) is 4.66. The first kappa shape index (κ1) is 7.67. The third kappa shape index (κ3) is 2.34. The number of carbonyl (C=O) groups is 1. The van der Waals surface area contributed by atoms with E-state index in [2.05, 4.69) is 10.1 Å². The minimum absolute atomic E-state index is 0.208. The molecule has 0 atom stereocenters. The van der Waals surface area contributed by atoms with Gasteiger partial charge in [0.25, 0.3) is 0 Å². The predicted molar refractivity (Wildman–Crippen MR) is 37.0 cm³/mol. The van der Waals surface area contributed by atoms with Crippen LogP contribution in [0, 0.1) is 0 Å². The lowest BCUT2D eigenvalue weighted by molar-refractivity contribution is -0.121. The van der Waals surface area contributed by atoms with E-state index in [4.69, 9.17) is 5.84 Å². The fourth-order valence-electron chi connectivity index (χ4n) is 0.636. The molecular formula is C5H9N5O. The molecule has 0 unspecified atom stereocenters. The van der Waals surface area contributed by atoms with Crippen LogP contribution in [0.3, 0.4) is 0 Å². The van der Waals surface area contributed by atoms with E-state index in [0.29, 0.717) is 13.0 Å². The number of amides is 1. The number of nitrogens with zero attached hydrogens (tertiary/aromatic N) is 3. The summed E-state index contributed by atoms with van der Waals surface area (Å²) < 4.78 is 1.56. The molecule has 1 aromatic rings. The molecule has 1 aromatic heterocycles. The molecule has 1 rings (SSSR count). The molecule has 0 aromatic carbocycles. The lowest BCUT2D eigenvalue weighted by Gasteiger charge is -1.98. The van der Waals surface area contributed by atoms with Gasteiger partial charge in [-0.3, -0.25) is 14.9 Å². The summed E-state index contributed by atoms with van der Waals surface area (Å²) in [4.78, 5) is 14.3. The average molecular weight is 155 g/mol. The SMILES string of the molecule is NNC(=O)CCn1cncn1. The lowest BCUT2D eigenvalue weighted by Crippen LogP contribution is -2.30. The van der Waals surface area contributed by atoms with Gasteiger partial charge >= 0.3 is 0 Å². The van der Waals surface area contributed by atoms with Crippen molar-refractivity contribution in [1.82, 2.24) is 20.2 Å². The van der Waals surface area contributed by atoms with Crippen LogP contribution in [0.5, 0.6) is 0 Å². The standard InChI is InChI=1S/C5H9N5O/c6-9-5(11)1-2-10-4-7-3-8-10/h3-4H,1-2,6H2,(H,9,11). The molecule has 0 fully saturated rings. The van der Waals surface area contributed by atoms with Gasteiger partial charge < -0.3 is 0 Å². The Hall–Kier alpha value is -1.43. The molecule has 0 saturated heterocycles. The monoisotopic (exact) mass is 155 g/mol. The van der Waals surface area contributed by atoms with E-state index in [1.165, 1.54) is 6.33 Å². The summed E-state index contributed by atoms with van der Waals surface area (Å²) in [5, 5.41) is 3.81. The fraction of sp³-hybridized carbons (Fsp3) is 0.400. The van der Waals surface area contributed by atoms with E-state index in [9.17, 15) is 4.79 Å². The Bertz CT molecular complexity index is 219. The van der Waals surface area contributed by atoms with E-state index >= 15 is 0 Å². The molecule has 3 N–H and O–H groups in total. The summed E-state index contributed by atoms with van der Waals surface area (Å²) in [5.41, 5.74) is 2.03. The smallest absolute Gasteiger partial charge is 0.235 e. The summed E-state index contributed by atoms with van der Waals surface area (Å²) in [7, 11) is 0. The number of aromatic nitrogens is 3. The topological polar surface area (TPSA) is 85.8 Å². The van der Waals surface area contributed by atoms with Crippen LogP contribution in [0.2, 0.25) is 0 Å². The molecule has 6 heteroatoms. The van der Waals surface area contributed by atoms with Gasteiger partial charge in [-0.25, -0.2) is 10.8 Å². The molecule has 1 heterocycles. The summed E-state index contributed by atoms with van der Waals surface area (Å²) in [6.45, 7) is 0.503. The van der Waals surface area contributed by atoms with Gasteiger partial charge in [-0.2, -0.15) is 5.10 Å². The summed E-state index contributed by atoms with van der Waals surface area (Å²) in [6, 6.07) is 0. The van der Waals surface area contributed by atoms with Crippen molar-refractivity contribution in [2.75, 3.05) is 0 Å². The van der Waals surface area contributed by atoms with E-state index in [1.54, 1.807) is 11.0 Å². The predicted octanol–water partition coefficient (Wildman–Crippen LogP) is -1.34. The van der Waals surface area contributed by atoms with Crippen molar-refractivity contribution in [1.29, 1.82) is 0 Å². The van der Waals surface area contributed by atoms with Crippen LogP contribution in [0.1, 0.15) is 6.42 Å². The zero-order valence-electron chi connectivity index (χ0n) is 5.90. The summed E-state index contributed by atoms with van der Waals surface area (Å²) in [6.07, 6.45) is 3.28. The molecule has 0 aliphatic heterocycles. The number of hydrazine groups is 1. The minimum atomic E-state index is -0.208. The van der Waals surface area contributed by atoms with Gasteiger partial charge in [0.1, 0.15) is 12.7 Å². The average Bonchev–Trinajstić information content (AvgIpc) is 2.52. The summed E-state index contributed by atoms with van der Waals surface area (Å²) >= 11 is 0. The van der Waals surface area contributed by atoms with Crippen LogP contribution in [0.4, 0.5) is 0 Å². The molecule has 0 aliphatic carbocycles. The molecule has 0 saturated carbocycles. The van der Waals surface area contributed by atoms with Gasteiger partial charge in [0.15, 0.2) is 0 Å². The Morgan fingerprint density at radius 2 is 2.55 bits per heavy atom. The van der Waals surface area contributed by atoms with Gasteiger partial charge in [0.05, 0.1) is 6.54 Å². The van der Waals surface area contributed by atoms with Crippen molar-refractivity contribution in [3.8, 4) is 0 Å². The molecule has 0 spiro atoms. The van der Waals surface area contributed by atoms with Crippen molar-refractivity contribution in [2.24, 2.45) is 5.84 Å². The highest BCUT2D eigenvalue weighted by Gasteiger charge is 1.97. The highest BCUT2D eigenvalue weighted by Crippen LogP contribution is 1.85. The molecule has 11 heavy (non-hydrogen) atoms. The van der Waals surface area contributed by atoms with Gasteiger partial charge in [-0.15, -0.1) is 0 Å². The first-order valence-electron chi connectivity index (χ1n) is 3.15. The number of nitrogens with one attached hydrogen (secondary N) is 1. The minimum Gasteiger partial charge on any atom is -0.294 e. The third-order valence-corrected chi connectivity index (χ3v) is 1.20. The van der Waals surface area contributed by atoms with Crippen molar-refractivity contribution in [3.63, 3.8) is 0 Å². The number of nitrogens with two attached hydrogens (primary N) is 1. The first-order chi connectivity index (χ1) is 5.33. The second-order valence-electron chi connectivity index (χ2n) is 1.98. The van der Waals surface area contributed by atoms with Crippen molar-refractivity contribution in [3.05, 3.63) is 12.7 Å². The van der Waals surface area contributed by atoms with Gasteiger partial charge in [0.2, 0.25) is 5.91 Å². The number of hydrogen-bond acceptors (Lipinski definition) is 4. The molecule has 1 amide bonds. The molecule has 60 valence electrons. The van der Waals surface area contributed by atoms with E-state index in [0.717, 1.165) is 0 Å². The first-order valence-corrected chi connectivity index (χ1v) is 3.15. The highest BCUT2D eigenvalue weighted by atomic mass is 16.2. The van der Waals surface area contributed by atoms with Crippen LogP contribution < -0.4 is 11.3 Å². The number of rotatable bonds is 3. The normalized spacial score (nSPS) is 9.55. The highest BCUT2D eigenvalue weighted by molar-refractivity contribution is 5.74. The zero-order chi connectivity index (χ0) is 8.10. The molecule has 0 bridgehead atoms. The van der Waals surface area contributed by atoms with Crippen molar-refractivity contribution >= 4 is 5.91 Å². The third-order valence-electron chi connectivity index (χ3n) is 1.20. The zero-order valence-corrected chi connectivity index (χ0v) is 5.90. The largest absolute Gasteiger partial charge is 0.294 e. The van der Waals surface area contributed by atoms with Gasteiger partial charge in [0, 0.05) is 6.42 Å². The Morgan fingerprint density at radius 3 is 3.09 bits per heavy atom. The maximum Gasteiger partial charge on any atom is 0.235 e. The maximum atomic E-state index is 10.6. The van der Waals surface area contributed by atoms with E-state index < -0.39 is 0 Å². The van der Waals surface area contributed by atoms with Crippen LogP contribution >= 0.6 is 0 Å². The number of carbonyl (C=O) groups excluding carboxylic acids is 1. The Kier molecular flexibility index (Phi) is 2.56. The molecular weight excluding hydrogens is 146 g/mol. The van der Waals surface area contributed by atoms with E-state index in [-0.39, 0.29) is 5.91 Å². The molecule has 0 aliphatic rings. The van der Waals surface area contributed by atoms with Crippen molar-refractivity contribution < 1.29 is 4.79 Å². The quantitative estimate of drug-likeness (QED) is 0.321. The molecule has 6 nitrogen and oxygen atoms in total. The van der Waals surface area contributed by atoms with Crippen LogP contribution in [-0.4, -0.2) is 20.7 Å². The van der Waals surface area contributed by atoms with Gasteiger partial charge in [-0.1, -0.05) is 0 Å². The lowest BCUT2D eigenvalue weighted by atomic mass is 10.4. The van der Waals surface area contributed by atoms with Crippen molar-refractivity contribution in [2.45, 2.75) is 13.0 Å². The Balaban J connectivity index is 2.29. The maximum absolute atomic E-state index is 10.6.